The fraction of sp³-hybridized carbons (Fsp3) is 0.105. The van der Waals surface area contributed by atoms with Gasteiger partial charge in [0.25, 0.3) is 5.91 Å². The molecule has 0 spiro atoms. The van der Waals surface area contributed by atoms with E-state index in [-0.39, 0.29) is 11.4 Å². The molecule has 3 rings (SSSR count). The number of ether oxygens (including phenoxy) is 1. The van der Waals surface area contributed by atoms with E-state index in [1.807, 2.05) is 24.3 Å². The first-order valence-electron chi connectivity index (χ1n) is 8.24. The number of hydrogen-bond acceptors (Lipinski definition) is 5. The summed E-state index contributed by atoms with van der Waals surface area (Å²) < 4.78 is 8.87. The van der Waals surface area contributed by atoms with Crippen LogP contribution in [0.15, 0.2) is 61.1 Å². The summed E-state index contributed by atoms with van der Waals surface area (Å²) in [6.45, 7) is 0.529. The van der Waals surface area contributed by atoms with Crippen molar-refractivity contribution in [2.75, 3.05) is 7.11 Å². The first-order valence-corrected chi connectivity index (χ1v) is 10.6. The Hall–Kier alpha value is -2.17. The van der Waals surface area contributed by atoms with Crippen molar-refractivity contribution in [3.05, 3.63) is 72.8 Å². The maximum absolute atomic E-state index is 12.4. The number of benzene rings is 2. The van der Waals surface area contributed by atoms with Gasteiger partial charge in [0, 0.05) is 10.7 Å². The lowest BCUT2D eigenvalue weighted by Gasteiger charge is -2.06. The average molecular weight is 587 g/mol. The Kier molecular flexibility index (Phi) is 7.09. The summed E-state index contributed by atoms with van der Waals surface area (Å²) in [5, 5.41) is 18.1. The van der Waals surface area contributed by atoms with Crippen LogP contribution in [-0.2, 0) is 6.54 Å². The molecule has 1 heterocycles. The molecule has 10 heteroatoms. The summed E-state index contributed by atoms with van der Waals surface area (Å²) in [5.74, 6) is -0.171. The first-order chi connectivity index (χ1) is 13.9. The van der Waals surface area contributed by atoms with E-state index < -0.39 is 5.91 Å². The highest BCUT2D eigenvalue weighted by Crippen LogP contribution is 2.34. The van der Waals surface area contributed by atoms with Gasteiger partial charge in [-0.3, -0.25) is 9.48 Å². The van der Waals surface area contributed by atoms with Gasteiger partial charge in [0.2, 0.25) is 0 Å². The van der Waals surface area contributed by atoms with Crippen molar-refractivity contribution in [2.24, 2.45) is 5.10 Å². The standard InChI is InChI=1S/C19H15Br3N4O3/c1-29-18-14(21)6-12(7-16(18)27)8-23-24-19(28)17-15(22)10-26(25-17)9-11-2-4-13(20)5-3-11/h2-8,10,27H,9H2,1H3,(H,24,28). The van der Waals surface area contributed by atoms with Crippen LogP contribution in [0.25, 0.3) is 0 Å². The lowest BCUT2D eigenvalue weighted by atomic mass is 10.2. The van der Waals surface area contributed by atoms with Gasteiger partial charge in [-0.05, 0) is 67.3 Å². The third kappa shape index (κ3) is 5.46. The zero-order valence-electron chi connectivity index (χ0n) is 15.1. The van der Waals surface area contributed by atoms with Gasteiger partial charge in [-0.1, -0.05) is 28.1 Å². The number of rotatable bonds is 6. The third-order valence-corrected chi connectivity index (χ3v) is 5.52. The number of nitrogens with zero attached hydrogens (tertiary/aromatic N) is 3. The van der Waals surface area contributed by atoms with Crippen LogP contribution in [0.4, 0.5) is 0 Å². The Balaban J connectivity index is 1.67. The minimum Gasteiger partial charge on any atom is -0.504 e. The molecule has 0 aliphatic rings. The van der Waals surface area contributed by atoms with Gasteiger partial charge in [-0.15, -0.1) is 0 Å². The highest BCUT2D eigenvalue weighted by Gasteiger charge is 2.15. The maximum atomic E-state index is 12.4. The Morgan fingerprint density at radius 2 is 1.97 bits per heavy atom. The number of methoxy groups -OCH3 is 1. The van der Waals surface area contributed by atoms with Crippen LogP contribution in [0, 0.1) is 0 Å². The highest BCUT2D eigenvalue weighted by atomic mass is 79.9. The number of aromatic nitrogens is 2. The van der Waals surface area contributed by atoms with Crippen LogP contribution < -0.4 is 10.2 Å². The number of phenols is 1. The summed E-state index contributed by atoms with van der Waals surface area (Å²) in [7, 11) is 1.46. The van der Waals surface area contributed by atoms with Gasteiger partial charge in [-0.2, -0.15) is 10.2 Å². The Morgan fingerprint density at radius 1 is 1.24 bits per heavy atom. The molecule has 0 unspecified atom stereocenters. The summed E-state index contributed by atoms with van der Waals surface area (Å²) in [5.41, 5.74) is 4.28. The van der Waals surface area contributed by atoms with Gasteiger partial charge in [0.05, 0.1) is 28.8 Å². The van der Waals surface area contributed by atoms with Gasteiger partial charge in [-0.25, -0.2) is 5.43 Å². The van der Waals surface area contributed by atoms with E-state index in [0.717, 1.165) is 10.0 Å². The third-order valence-electron chi connectivity index (χ3n) is 3.82. The van der Waals surface area contributed by atoms with Crippen molar-refractivity contribution in [1.29, 1.82) is 0 Å². The topological polar surface area (TPSA) is 88.7 Å². The fourth-order valence-corrected chi connectivity index (χ4v) is 3.89. The van der Waals surface area contributed by atoms with Crippen molar-refractivity contribution in [3.63, 3.8) is 0 Å². The van der Waals surface area contributed by atoms with Gasteiger partial charge in [0.15, 0.2) is 17.2 Å². The molecule has 0 atom stereocenters. The molecule has 2 N–H and O–H groups in total. The van der Waals surface area contributed by atoms with E-state index in [4.69, 9.17) is 4.74 Å². The second-order valence-corrected chi connectivity index (χ2v) is 8.53. The predicted molar refractivity (Wildman–Crippen MR) is 121 cm³/mol. The van der Waals surface area contributed by atoms with E-state index in [1.54, 1.807) is 16.9 Å². The molecule has 0 aliphatic carbocycles. The van der Waals surface area contributed by atoms with Crippen molar-refractivity contribution in [3.8, 4) is 11.5 Å². The maximum Gasteiger partial charge on any atom is 0.293 e. The molecule has 1 amide bonds. The van der Waals surface area contributed by atoms with Crippen LogP contribution in [0.2, 0.25) is 0 Å². The lowest BCUT2D eigenvalue weighted by molar-refractivity contribution is 0.0948. The molecule has 3 aromatic rings. The molecule has 0 radical (unpaired) electrons. The van der Waals surface area contributed by atoms with Crippen LogP contribution in [0.5, 0.6) is 11.5 Å². The van der Waals surface area contributed by atoms with Gasteiger partial charge >= 0.3 is 0 Å². The highest BCUT2D eigenvalue weighted by molar-refractivity contribution is 9.11. The summed E-state index contributed by atoms with van der Waals surface area (Å²) in [4.78, 5) is 12.4. The average Bonchev–Trinajstić information content (AvgIpc) is 3.03. The quantitative estimate of drug-likeness (QED) is 0.324. The summed E-state index contributed by atoms with van der Waals surface area (Å²) >= 11 is 10.1. The molecule has 0 saturated carbocycles. The number of phenolic OH excluding ortho intramolecular Hbond substituents is 1. The minimum atomic E-state index is -0.459. The monoisotopic (exact) mass is 584 g/mol. The first kappa shape index (κ1) is 21.5. The van der Waals surface area contributed by atoms with E-state index in [2.05, 4.69) is 63.4 Å². The number of halogens is 3. The van der Waals surface area contributed by atoms with E-state index in [9.17, 15) is 9.90 Å². The number of hydrazone groups is 1. The molecule has 1 aromatic heterocycles. The number of aromatic hydroxyl groups is 1. The van der Waals surface area contributed by atoms with Crippen molar-refractivity contribution < 1.29 is 14.6 Å². The molecule has 150 valence electrons. The summed E-state index contributed by atoms with van der Waals surface area (Å²) in [6, 6.07) is 11.0. The van der Waals surface area contributed by atoms with Crippen molar-refractivity contribution in [2.45, 2.75) is 6.54 Å². The zero-order valence-corrected chi connectivity index (χ0v) is 19.8. The molecule has 7 nitrogen and oxygen atoms in total. The largest absolute Gasteiger partial charge is 0.504 e. The van der Waals surface area contributed by atoms with Crippen molar-refractivity contribution >= 4 is 59.9 Å². The molecule has 0 fully saturated rings. The molecule has 0 saturated heterocycles. The SMILES string of the molecule is COc1c(O)cc(C=NNC(=O)c2nn(Cc3ccc(Br)cc3)cc2Br)cc1Br. The zero-order chi connectivity index (χ0) is 21.0. The molecule has 29 heavy (non-hydrogen) atoms. The Bertz CT molecular complexity index is 1040. The number of carbonyl (C=O) groups is 1. The van der Waals surface area contributed by atoms with Crippen LogP contribution in [-0.4, -0.2) is 34.1 Å². The smallest absolute Gasteiger partial charge is 0.293 e. The number of hydrogen-bond donors (Lipinski definition) is 2. The Labute approximate surface area is 192 Å². The van der Waals surface area contributed by atoms with Crippen LogP contribution in [0.1, 0.15) is 21.6 Å². The normalized spacial score (nSPS) is 11.0. The Morgan fingerprint density at radius 3 is 2.62 bits per heavy atom. The van der Waals surface area contributed by atoms with Crippen LogP contribution in [0.3, 0.4) is 0 Å². The molecular weight excluding hydrogens is 572 g/mol. The lowest BCUT2D eigenvalue weighted by Crippen LogP contribution is -2.19. The number of nitrogens with one attached hydrogen (secondary N) is 1. The number of amides is 1. The molecular formula is C19H15Br3N4O3. The molecule has 0 bridgehead atoms. The molecule has 0 aliphatic heterocycles. The van der Waals surface area contributed by atoms with E-state index in [0.29, 0.717) is 26.8 Å². The molecule has 2 aromatic carbocycles. The van der Waals surface area contributed by atoms with Gasteiger partial charge < -0.3 is 9.84 Å². The van der Waals surface area contributed by atoms with E-state index >= 15 is 0 Å². The summed E-state index contributed by atoms with van der Waals surface area (Å²) in [6.07, 6.45) is 3.15. The fourth-order valence-electron chi connectivity index (χ4n) is 2.50. The second-order valence-electron chi connectivity index (χ2n) is 5.90. The van der Waals surface area contributed by atoms with Crippen molar-refractivity contribution in [1.82, 2.24) is 15.2 Å². The van der Waals surface area contributed by atoms with Crippen LogP contribution >= 0.6 is 47.8 Å². The van der Waals surface area contributed by atoms with Gasteiger partial charge in [0.1, 0.15) is 0 Å². The second kappa shape index (κ2) is 9.55. The van der Waals surface area contributed by atoms with E-state index in [1.165, 1.54) is 19.4 Å². The predicted octanol–water partition coefficient (Wildman–Crippen LogP) is 4.70. The number of carbonyl (C=O) groups excluding carboxylic acids is 1. The minimum absolute atomic E-state index is 0.0379.